The predicted molar refractivity (Wildman–Crippen MR) is 81.1 cm³/mol. The van der Waals surface area contributed by atoms with Gasteiger partial charge in [-0.1, -0.05) is 6.42 Å². The summed E-state index contributed by atoms with van der Waals surface area (Å²) in [5.74, 6) is -0.276. The van der Waals surface area contributed by atoms with Gasteiger partial charge in [-0.05, 0) is 19.4 Å². The van der Waals surface area contributed by atoms with E-state index in [4.69, 9.17) is 4.74 Å². The van der Waals surface area contributed by atoms with Crippen molar-refractivity contribution in [1.29, 1.82) is 0 Å². The summed E-state index contributed by atoms with van der Waals surface area (Å²) in [6.45, 7) is 3.14. The molecule has 1 amide bonds. The minimum atomic E-state index is -0.163. The average Bonchev–Trinajstić information content (AvgIpc) is 2.87. The summed E-state index contributed by atoms with van der Waals surface area (Å²) in [6, 6.07) is 0.220. The maximum Gasteiger partial charge on any atom is 0.307 e. The highest BCUT2D eigenvalue weighted by molar-refractivity contribution is 7.13. The van der Waals surface area contributed by atoms with Crippen LogP contribution in [0.1, 0.15) is 38.3 Å². The fourth-order valence-electron chi connectivity index (χ4n) is 2.57. The number of likely N-dealkylation sites (tertiary alicyclic amines) is 1. The van der Waals surface area contributed by atoms with Crippen molar-refractivity contribution in [1.82, 2.24) is 9.88 Å². The Morgan fingerprint density at radius 1 is 1.52 bits per heavy atom. The number of ether oxygens (including phenoxy) is 1. The smallest absolute Gasteiger partial charge is 0.307 e. The Balaban J connectivity index is 1.96. The van der Waals surface area contributed by atoms with Crippen LogP contribution in [0.5, 0.6) is 0 Å². The number of hydrogen-bond donors (Lipinski definition) is 1. The normalized spacial score (nSPS) is 19.2. The van der Waals surface area contributed by atoms with Crippen molar-refractivity contribution in [2.75, 3.05) is 19.0 Å². The Bertz CT molecular complexity index is 503. The van der Waals surface area contributed by atoms with E-state index in [-0.39, 0.29) is 17.9 Å². The number of nitrogens with zero attached hydrogens (tertiary/aromatic N) is 2. The molecule has 2 rings (SSSR count). The fourth-order valence-corrected chi connectivity index (χ4v) is 3.32. The largest absolute Gasteiger partial charge is 0.469 e. The summed E-state index contributed by atoms with van der Waals surface area (Å²) >= 11 is 1.42. The summed E-state index contributed by atoms with van der Waals surface area (Å²) in [5.41, 5.74) is 0.931. The van der Waals surface area contributed by atoms with Crippen molar-refractivity contribution in [3.8, 4) is 0 Å². The minimum Gasteiger partial charge on any atom is -0.469 e. The monoisotopic (exact) mass is 311 g/mol. The van der Waals surface area contributed by atoms with Gasteiger partial charge in [0.2, 0.25) is 5.91 Å². The number of piperidine rings is 1. The molecule has 0 aliphatic carbocycles. The summed E-state index contributed by atoms with van der Waals surface area (Å²) in [5, 5.41) is 5.27. The summed E-state index contributed by atoms with van der Waals surface area (Å²) < 4.78 is 4.77. The third-order valence-corrected chi connectivity index (χ3v) is 4.39. The lowest BCUT2D eigenvalue weighted by Gasteiger charge is -2.34. The van der Waals surface area contributed by atoms with E-state index in [1.807, 2.05) is 5.38 Å². The Hall–Kier alpha value is -1.47. The van der Waals surface area contributed by atoms with Gasteiger partial charge in [0.25, 0.3) is 0 Å². The zero-order valence-electron chi connectivity index (χ0n) is 12.4. The molecule has 1 atom stereocenters. The molecule has 1 aliphatic rings. The van der Waals surface area contributed by atoms with Gasteiger partial charge in [-0.2, -0.15) is 0 Å². The molecule has 116 valence electrons. The van der Waals surface area contributed by atoms with Crippen LogP contribution in [0, 0.1) is 0 Å². The lowest BCUT2D eigenvalue weighted by Crippen LogP contribution is -2.40. The van der Waals surface area contributed by atoms with E-state index in [2.05, 4.69) is 15.2 Å². The summed E-state index contributed by atoms with van der Waals surface area (Å²) in [7, 11) is 1.43. The van der Waals surface area contributed by atoms with Gasteiger partial charge in [0.15, 0.2) is 5.13 Å². The van der Waals surface area contributed by atoms with Crippen LogP contribution in [0.2, 0.25) is 0 Å². The first-order valence-corrected chi connectivity index (χ1v) is 7.99. The van der Waals surface area contributed by atoms with Crippen molar-refractivity contribution in [3.63, 3.8) is 0 Å². The minimum absolute atomic E-state index is 0.113. The first-order chi connectivity index (χ1) is 10.1. The molecule has 1 saturated heterocycles. The highest BCUT2D eigenvalue weighted by Crippen LogP contribution is 2.24. The molecule has 6 nitrogen and oxygen atoms in total. The molecule has 0 bridgehead atoms. The van der Waals surface area contributed by atoms with Crippen molar-refractivity contribution in [2.24, 2.45) is 0 Å². The molecular formula is C14H21N3O3S. The van der Waals surface area contributed by atoms with E-state index in [9.17, 15) is 9.59 Å². The van der Waals surface area contributed by atoms with Gasteiger partial charge in [0.1, 0.15) is 0 Å². The predicted octanol–water partition coefficient (Wildman–Crippen LogP) is 2.02. The first kappa shape index (κ1) is 15.9. The third-order valence-electron chi connectivity index (χ3n) is 3.58. The van der Waals surface area contributed by atoms with E-state index in [1.54, 1.807) is 0 Å². The highest BCUT2D eigenvalue weighted by atomic mass is 32.1. The highest BCUT2D eigenvalue weighted by Gasteiger charge is 2.25. The molecule has 1 N–H and O–H groups in total. The van der Waals surface area contributed by atoms with Crippen LogP contribution < -0.4 is 5.32 Å². The molecule has 1 aliphatic heterocycles. The number of carbonyl (C=O) groups is 2. The van der Waals surface area contributed by atoms with E-state index in [0.717, 1.165) is 31.5 Å². The van der Waals surface area contributed by atoms with Gasteiger partial charge in [-0.3, -0.25) is 14.5 Å². The molecule has 0 spiro atoms. The second-order valence-electron chi connectivity index (χ2n) is 5.23. The number of rotatable bonds is 5. The molecule has 21 heavy (non-hydrogen) atoms. The Morgan fingerprint density at radius 3 is 3.05 bits per heavy atom. The van der Waals surface area contributed by atoms with Crippen LogP contribution in [0.4, 0.5) is 5.13 Å². The zero-order valence-corrected chi connectivity index (χ0v) is 13.2. The summed E-state index contributed by atoms with van der Waals surface area (Å²) in [4.78, 5) is 29.2. The Labute approximate surface area is 128 Å². The fraction of sp³-hybridized carbons (Fsp3) is 0.643. The standard InChI is InChI=1S/C14H21N3O3S/c1-10(18)15-14-16-11(9-21-14)8-17-6-4-3-5-12(17)7-13(19)20-2/h9,12H,3-8H2,1-2H3,(H,15,16,18). The number of nitrogens with one attached hydrogen (secondary N) is 1. The second kappa shape index (κ2) is 7.51. The second-order valence-corrected chi connectivity index (χ2v) is 6.08. The van der Waals surface area contributed by atoms with E-state index in [1.165, 1.54) is 25.4 Å². The van der Waals surface area contributed by atoms with Gasteiger partial charge in [-0.25, -0.2) is 4.98 Å². The van der Waals surface area contributed by atoms with Crippen LogP contribution in [0.25, 0.3) is 0 Å². The molecule has 2 heterocycles. The van der Waals surface area contributed by atoms with Crippen LogP contribution in [-0.2, 0) is 20.9 Å². The molecule has 0 radical (unpaired) electrons. The van der Waals surface area contributed by atoms with Gasteiger partial charge < -0.3 is 10.1 Å². The maximum absolute atomic E-state index is 11.5. The quantitative estimate of drug-likeness (QED) is 0.842. The molecule has 0 saturated carbocycles. The Morgan fingerprint density at radius 2 is 2.33 bits per heavy atom. The lowest BCUT2D eigenvalue weighted by molar-refractivity contribution is -0.142. The van der Waals surface area contributed by atoms with Crippen LogP contribution in [-0.4, -0.2) is 41.5 Å². The maximum atomic E-state index is 11.5. The van der Waals surface area contributed by atoms with Crippen LogP contribution in [0.3, 0.4) is 0 Å². The molecule has 1 fully saturated rings. The average molecular weight is 311 g/mol. The van der Waals surface area contributed by atoms with E-state index in [0.29, 0.717) is 18.1 Å². The number of anilines is 1. The number of hydrogen-bond acceptors (Lipinski definition) is 6. The Kier molecular flexibility index (Phi) is 5.69. The van der Waals surface area contributed by atoms with Gasteiger partial charge >= 0.3 is 5.97 Å². The molecule has 1 unspecified atom stereocenters. The molecule has 1 aromatic rings. The number of carbonyl (C=O) groups excluding carboxylic acids is 2. The van der Waals surface area contributed by atoms with Crippen LogP contribution >= 0.6 is 11.3 Å². The SMILES string of the molecule is COC(=O)CC1CCCCN1Cc1csc(NC(C)=O)n1. The van der Waals surface area contributed by atoms with Gasteiger partial charge in [-0.15, -0.1) is 11.3 Å². The molecule has 7 heteroatoms. The van der Waals surface area contributed by atoms with E-state index >= 15 is 0 Å². The lowest BCUT2D eigenvalue weighted by atomic mass is 9.99. The first-order valence-electron chi connectivity index (χ1n) is 7.11. The van der Waals surface area contributed by atoms with Gasteiger partial charge in [0.05, 0.1) is 19.2 Å². The van der Waals surface area contributed by atoms with Crippen molar-refractivity contribution in [2.45, 2.75) is 45.2 Å². The van der Waals surface area contributed by atoms with Crippen molar-refractivity contribution < 1.29 is 14.3 Å². The molecule has 0 aromatic carbocycles. The van der Waals surface area contributed by atoms with Crippen molar-refractivity contribution >= 4 is 28.3 Å². The zero-order chi connectivity index (χ0) is 15.2. The third kappa shape index (κ3) is 4.78. The van der Waals surface area contributed by atoms with Crippen LogP contribution in [0.15, 0.2) is 5.38 Å². The van der Waals surface area contributed by atoms with Crippen molar-refractivity contribution in [3.05, 3.63) is 11.1 Å². The topological polar surface area (TPSA) is 71.5 Å². The number of esters is 1. The van der Waals surface area contributed by atoms with Gasteiger partial charge in [0, 0.05) is 24.9 Å². The number of aromatic nitrogens is 1. The molecular weight excluding hydrogens is 290 g/mol. The van der Waals surface area contributed by atoms with E-state index < -0.39 is 0 Å². The number of thiazole rings is 1. The summed E-state index contributed by atoms with van der Waals surface area (Å²) in [6.07, 6.45) is 3.73. The number of methoxy groups -OCH3 is 1. The number of amides is 1. The molecule has 1 aromatic heterocycles.